The number of benzene rings is 1. The summed E-state index contributed by atoms with van der Waals surface area (Å²) in [4.78, 5) is 0. The molecule has 1 aliphatic rings. The Bertz CT molecular complexity index is 392. The maximum atomic E-state index is 13.5. The van der Waals surface area contributed by atoms with E-state index in [2.05, 4.69) is 19.2 Å². The summed E-state index contributed by atoms with van der Waals surface area (Å²) in [7, 11) is 1.94. The van der Waals surface area contributed by atoms with E-state index < -0.39 is 0 Å². The first kappa shape index (κ1) is 12.4. The molecule has 1 aromatic rings. The third-order valence-electron chi connectivity index (χ3n) is 3.71. The minimum Gasteiger partial charge on any atom is -0.486 e. The minimum atomic E-state index is -0.285. The number of ether oxygens (including phenoxy) is 1. The molecule has 1 saturated carbocycles. The molecule has 1 N–H and O–H groups in total. The molecule has 2 unspecified atom stereocenters. The number of hydrogen-bond acceptors (Lipinski definition) is 2. The standard InChI is InChI=1S/C14H20FNO/c1-14(2)9-8-12(13(14)16-3)17-11-7-5-4-6-10(11)15/h4-7,12-13,16H,8-9H2,1-3H3. The van der Waals surface area contributed by atoms with Crippen LogP contribution in [0.5, 0.6) is 5.75 Å². The van der Waals surface area contributed by atoms with E-state index in [1.807, 2.05) is 7.05 Å². The van der Waals surface area contributed by atoms with E-state index in [4.69, 9.17) is 4.74 Å². The van der Waals surface area contributed by atoms with Crippen LogP contribution in [0.1, 0.15) is 26.7 Å². The van der Waals surface area contributed by atoms with Gasteiger partial charge in [0, 0.05) is 6.04 Å². The lowest BCUT2D eigenvalue weighted by Gasteiger charge is -2.30. The molecule has 0 bridgehead atoms. The zero-order valence-electron chi connectivity index (χ0n) is 10.7. The summed E-state index contributed by atoms with van der Waals surface area (Å²) in [5, 5.41) is 3.30. The normalized spacial score (nSPS) is 27.1. The first-order valence-electron chi connectivity index (χ1n) is 6.13. The maximum Gasteiger partial charge on any atom is 0.165 e. The van der Waals surface area contributed by atoms with Crippen LogP contribution in [-0.4, -0.2) is 19.2 Å². The Labute approximate surface area is 102 Å². The van der Waals surface area contributed by atoms with Crippen molar-refractivity contribution in [1.82, 2.24) is 5.32 Å². The Balaban J connectivity index is 2.12. The SMILES string of the molecule is CNC1C(Oc2ccccc2F)CCC1(C)C. The molecule has 0 radical (unpaired) electrons. The lowest BCUT2D eigenvalue weighted by Crippen LogP contribution is -2.44. The predicted octanol–water partition coefficient (Wildman–Crippen LogP) is 2.98. The van der Waals surface area contributed by atoms with E-state index >= 15 is 0 Å². The van der Waals surface area contributed by atoms with Crippen LogP contribution in [0.2, 0.25) is 0 Å². The molecule has 1 aromatic carbocycles. The van der Waals surface area contributed by atoms with Crippen LogP contribution in [0, 0.1) is 11.2 Å². The van der Waals surface area contributed by atoms with Crippen molar-refractivity contribution >= 4 is 0 Å². The van der Waals surface area contributed by atoms with Gasteiger partial charge in [-0.15, -0.1) is 0 Å². The van der Waals surface area contributed by atoms with E-state index in [1.54, 1.807) is 18.2 Å². The smallest absolute Gasteiger partial charge is 0.165 e. The summed E-state index contributed by atoms with van der Waals surface area (Å²) in [6, 6.07) is 6.86. The van der Waals surface area contributed by atoms with Crippen LogP contribution in [0.3, 0.4) is 0 Å². The van der Waals surface area contributed by atoms with Crippen molar-refractivity contribution in [2.75, 3.05) is 7.05 Å². The van der Waals surface area contributed by atoms with Crippen LogP contribution in [0.15, 0.2) is 24.3 Å². The Morgan fingerprint density at radius 1 is 1.35 bits per heavy atom. The predicted molar refractivity (Wildman–Crippen MR) is 66.7 cm³/mol. The zero-order chi connectivity index (χ0) is 12.5. The number of hydrogen-bond donors (Lipinski definition) is 1. The van der Waals surface area contributed by atoms with Crippen molar-refractivity contribution in [2.45, 2.75) is 38.8 Å². The molecule has 17 heavy (non-hydrogen) atoms. The lowest BCUT2D eigenvalue weighted by atomic mass is 9.87. The topological polar surface area (TPSA) is 21.3 Å². The van der Waals surface area contributed by atoms with Gasteiger partial charge in [0.2, 0.25) is 0 Å². The van der Waals surface area contributed by atoms with Crippen molar-refractivity contribution in [1.29, 1.82) is 0 Å². The average molecular weight is 237 g/mol. The third-order valence-corrected chi connectivity index (χ3v) is 3.71. The lowest BCUT2D eigenvalue weighted by molar-refractivity contribution is 0.140. The summed E-state index contributed by atoms with van der Waals surface area (Å²) in [5.41, 5.74) is 0.199. The third kappa shape index (κ3) is 2.44. The molecule has 2 nitrogen and oxygen atoms in total. The quantitative estimate of drug-likeness (QED) is 0.872. The molecule has 1 fully saturated rings. The number of halogens is 1. The molecule has 0 aliphatic heterocycles. The molecule has 0 saturated heterocycles. The Hall–Kier alpha value is -1.09. The first-order chi connectivity index (χ1) is 8.04. The highest BCUT2D eigenvalue weighted by Crippen LogP contribution is 2.39. The van der Waals surface area contributed by atoms with Gasteiger partial charge in [-0.3, -0.25) is 0 Å². The number of rotatable bonds is 3. The second kappa shape index (κ2) is 4.65. The van der Waals surface area contributed by atoms with Crippen molar-refractivity contribution in [3.8, 4) is 5.75 Å². The summed E-state index contributed by atoms with van der Waals surface area (Å²) in [6.07, 6.45) is 2.11. The van der Waals surface area contributed by atoms with Crippen LogP contribution in [-0.2, 0) is 0 Å². The van der Waals surface area contributed by atoms with E-state index in [0.717, 1.165) is 12.8 Å². The summed E-state index contributed by atoms with van der Waals surface area (Å²) in [6.45, 7) is 4.44. The number of likely N-dealkylation sites (N-methyl/N-ethyl adjacent to an activating group) is 1. The fourth-order valence-electron chi connectivity index (χ4n) is 2.75. The van der Waals surface area contributed by atoms with E-state index in [-0.39, 0.29) is 23.4 Å². The fourth-order valence-corrected chi connectivity index (χ4v) is 2.75. The van der Waals surface area contributed by atoms with E-state index in [0.29, 0.717) is 5.75 Å². The molecule has 3 heteroatoms. The van der Waals surface area contributed by atoms with E-state index in [1.165, 1.54) is 6.07 Å². The van der Waals surface area contributed by atoms with Gasteiger partial charge in [0.15, 0.2) is 11.6 Å². The monoisotopic (exact) mass is 237 g/mol. The van der Waals surface area contributed by atoms with Crippen molar-refractivity contribution in [3.63, 3.8) is 0 Å². The molecular formula is C14H20FNO. The van der Waals surface area contributed by atoms with Gasteiger partial charge in [0.25, 0.3) is 0 Å². The molecular weight excluding hydrogens is 217 g/mol. The van der Waals surface area contributed by atoms with Crippen molar-refractivity contribution < 1.29 is 9.13 Å². The van der Waals surface area contributed by atoms with Crippen LogP contribution >= 0.6 is 0 Å². The van der Waals surface area contributed by atoms with Gasteiger partial charge in [0.05, 0.1) is 0 Å². The summed E-state index contributed by atoms with van der Waals surface area (Å²) < 4.78 is 19.3. The van der Waals surface area contributed by atoms with Gasteiger partial charge in [-0.25, -0.2) is 4.39 Å². The van der Waals surface area contributed by atoms with Crippen LogP contribution in [0.4, 0.5) is 4.39 Å². The molecule has 1 aliphatic carbocycles. The highest BCUT2D eigenvalue weighted by molar-refractivity contribution is 5.24. The van der Waals surface area contributed by atoms with E-state index in [9.17, 15) is 4.39 Å². The Morgan fingerprint density at radius 2 is 2.06 bits per heavy atom. The minimum absolute atomic E-state index is 0.0481. The highest BCUT2D eigenvalue weighted by Gasteiger charge is 2.42. The van der Waals surface area contributed by atoms with Gasteiger partial charge >= 0.3 is 0 Å². The number of nitrogens with one attached hydrogen (secondary N) is 1. The second-order valence-electron chi connectivity index (χ2n) is 5.38. The van der Waals surface area contributed by atoms with Gasteiger partial charge < -0.3 is 10.1 Å². The summed E-state index contributed by atoms with van der Waals surface area (Å²) in [5.74, 6) is 0.0718. The average Bonchev–Trinajstić information content (AvgIpc) is 2.57. The molecule has 94 valence electrons. The molecule has 0 heterocycles. The van der Waals surface area contributed by atoms with Gasteiger partial charge in [-0.05, 0) is 37.4 Å². The van der Waals surface area contributed by atoms with Crippen molar-refractivity contribution in [3.05, 3.63) is 30.1 Å². The Morgan fingerprint density at radius 3 is 2.71 bits per heavy atom. The summed E-state index contributed by atoms with van der Waals surface area (Å²) >= 11 is 0. The Kier molecular flexibility index (Phi) is 3.38. The highest BCUT2D eigenvalue weighted by atomic mass is 19.1. The molecule has 0 amide bonds. The van der Waals surface area contributed by atoms with Crippen LogP contribution in [0.25, 0.3) is 0 Å². The molecule has 2 rings (SSSR count). The second-order valence-corrected chi connectivity index (χ2v) is 5.38. The first-order valence-corrected chi connectivity index (χ1v) is 6.13. The fraction of sp³-hybridized carbons (Fsp3) is 0.571. The van der Waals surface area contributed by atoms with Gasteiger partial charge in [-0.2, -0.15) is 0 Å². The number of para-hydroxylation sites is 1. The van der Waals surface area contributed by atoms with Crippen LogP contribution < -0.4 is 10.1 Å². The largest absolute Gasteiger partial charge is 0.486 e. The molecule has 0 spiro atoms. The molecule has 0 aromatic heterocycles. The van der Waals surface area contributed by atoms with Gasteiger partial charge in [0.1, 0.15) is 6.10 Å². The molecule has 2 atom stereocenters. The van der Waals surface area contributed by atoms with Gasteiger partial charge in [-0.1, -0.05) is 26.0 Å². The maximum absolute atomic E-state index is 13.5. The van der Waals surface area contributed by atoms with Crippen molar-refractivity contribution in [2.24, 2.45) is 5.41 Å². The zero-order valence-corrected chi connectivity index (χ0v) is 10.7.